The Morgan fingerprint density at radius 2 is 1.74 bits per heavy atom. The third-order valence-electron chi connectivity index (χ3n) is 3.72. The summed E-state index contributed by atoms with van der Waals surface area (Å²) in [4.78, 5) is 24.8. The molecule has 0 aliphatic heterocycles. The molecule has 2 aromatic carbocycles. The molecule has 27 heavy (non-hydrogen) atoms. The number of carbonyl (C=O) groups is 2. The first-order chi connectivity index (χ1) is 13.0. The molecule has 0 bridgehead atoms. The Morgan fingerprint density at radius 3 is 2.41 bits per heavy atom. The number of hydrogen-bond acceptors (Lipinski definition) is 4. The quantitative estimate of drug-likeness (QED) is 0.435. The van der Waals surface area contributed by atoms with E-state index in [1.807, 2.05) is 29.6 Å². The van der Waals surface area contributed by atoms with E-state index in [0.717, 1.165) is 10.0 Å². The van der Waals surface area contributed by atoms with Gasteiger partial charge in [-0.2, -0.15) is 5.10 Å². The van der Waals surface area contributed by atoms with Crippen molar-refractivity contribution in [2.75, 3.05) is 5.32 Å². The first-order valence-electron chi connectivity index (χ1n) is 8.08. The SMILES string of the molecule is C/C(=N\NC(=O)c1cccc(Br)c1)c1ccc(NC(=O)c2cccs2)cc1. The van der Waals surface area contributed by atoms with Crippen LogP contribution < -0.4 is 10.7 Å². The van der Waals surface area contributed by atoms with Crippen molar-refractivity contribution in [1.29, 1.82) is 0 Å². The summed E-state index contributed by atoms with van der Waals surface area (Å²) < 4.78 is 0.830. The van der Waals surface area contributed by atoms with Crippen molar-refractivity contribution in [3.63, 3.8) is 0 Å². The summed E-state index contributed by atoms with van der Waals surface area (Å²) in [7, 11) is 0. The standard InChI is InChI=1S/C20H16BrN3O2S/c1-13(23-24-19(25)15-4-2-5-16(21)12-15)14-7-9-17(10-8-14)22-20(26)18-6-3-11-27-18/h2-12H,1H3,(H,22,26)(H,24,25)/b23-13+. The Labute approximate surface area is 169 Å². The van der Waals surface area contributed by atoms with Crippen LogP contribution in [-0.2, 0) is 0 Å². The highest BCUT2D eigenvalue weighted by Crippen LogP contribution is 2.15. The Kier molecular flexibility index (Phi) is 6.16. The number of benzene rings is 2. The molecule has 2 amide bonds. The zero-order valence-corrected chi connectivity index (χ0v) is 16.8. The number of anilines is 1. The molecule has 0 atom stereocenters. The van der Waals surface area contributed by atoms with E-state index in [0.29, 0.717) is 21.8 Å². The molecule has 0 unspecified atom stereocenters. The van der Waals surface area contributed by atoms with Crippen LogP contribution in [0, 0.1) is 0 Å². The van der Waals surface area contributed by atoms with Gasteiger partial charge in [-0.3, -0.25) is 9.59 Å². The van der Waals surface area contributed by atoms with Gasteiger partial charge in [0.05, 0.1) is 10.6 Å². The summed E-state index contributed by atoms with van der Waals surface area (Å²) in [6, 6.07) is 18.0. The average molecular weight is 442 g/mol. The molecule has 0 fully saturated rings. The van der Waals surface area contributed by atoms with Crippen LogP contribution in [0.25, 0.3) is 0 Å². The third kappa shape index (κ3) is 5.12. The molecule has 0 spiro atoms. The fraction of sp³-hybridized carbons (Fsp3) is 0.0500. The summed E-state index contributed by atoms with van der Waals surface area (Å²) in [6.45, 7) is 1.81. The normalized spacial score (nSPS) is 11.1. The van der Waals surface area contributed by atoms with Gasteiger partial charge in [0.15, 0.2) is 0 Å². The molecule has 1 heterocycles. The molecule has 3 aromatic rings. The lowest BCUT2D eigenvalue weighted by Crippen LogP contribution is -2.19. The lowest BCUT2D eigenvalue weighted by Gasteiger charge is -2.06. The Morgan fingerprint density at radius 1 is 0.963 bits per heavy atom. The van der Waals surface area contributed by atoms with Gasteiger partial charge >= 0.3 is 0 Å². The van der Waals surface area contributed by atoms with Gasteiger partial charge < -0.3 is 5.32 Å². The summed E-state index contributed by atoms with van der Waals surface area (Å²) in [5.74, 6) is -0.417. The van der Waals surface area contributed by atoms with Crippen LogP contribution in [0.2, 0.25) is 0 Å². The number of hydrazone groups is 1. The molecule has 136 valence electrons. The number of hydrogen-bond donors (Lipinski definition) is 2. The Hall–Kier alpha value is -2.77. The van der Waals surface area contributed by atoms with E-state index in [4.69, 9.17) is 0 Å². The number of nitrogens with one attached hydrogen (secondary N) is 2. The van der Waals surface area contributed by atoms with Gasteiger partial charge in [-0.15, -0.1) is 11.3 Å². The molecular weight excluding hydrogens is 426 g/mol. The van der Waals surface area contributed by atoms with Crippen molar-refractivity contribution in [3.8, 4) is 0 Å². The smallest absolute Gasteiger partial charge is 0.271 e. The van der Waals surface area contributed by atoms with Crippen molar-refractivity contribution in [1.82, 2.24) is 5.43 Å². The third-order valence-corrected chi connectivity index (χ3v) is 5.08. The Bertz CT molecular complexity index is 983. The minimum Gasteiger partial charge on any atom is -0.321 e. The number of nitrogens with zero attached hydrogens (tertiary/aromatic N) is 1. The molecule has 0 aliphatic carbocycles. The van der Waals surface area contributed by atoms with Crippen molar-refractivity contribution in [2.24, 2.45) is 5.10 Å². The number of halogens is 1. The molecule has 0 saturated carbocycles. The van der Waals surface area contributed by atoms with Crippen LogP contribution in [0.1, 0.15) is 32.5 Å². The van der Waals surface area contributed by atoms with Crippen LogP contribution in [0.5, 0.6) is 0 Å². The van der Waals surface area contributed by atoms with Gasteiger partial charge in [-0.1, -0.05) is 40.2 Å². The van der Waals surface area contributed by atoms with Gasteiger partial charge in [0.2, 0.25) is 0 Å². The second kappa shape index (κ2) is 8.75. The number of carbonyl (C=O) groups excluding carboxylic acids is 2. The van der Waals surface area contributed by atoms with E-state index in [2.05, 4.69) is 31.8 Å². The van der Waals surface area contributed by atoms with E-state index in [1.165, 1.54) is 11.3 Å². The largest absolute Gasteiger partial charge is 0.321 e. The Balaban J connectivity index is 1.63. The molecule has 0 radical (unpaired) electrons. The summed E-state index contributed by atoms with van der Waals surface area (Å²) >= 11 is 4.73. The average Bonchev–Trinajstić information content (AvgIpc) is 3.21. The van der Waals surface area contributed by atoms with Gasteiger partial charge in [-0.05, 0) is 54.3 Å². The van der Waals surface area contributed by atoms with Crippen molar-refractivity contribution in [2.45, 2.75) is 6.92 Å². The van der Waals surface area contributed by atoms with Gasteiger partial charge in [-0.25, -0.2) is 5.43 Å². The zero-order chi connectivity index (χ0) is 19.2. The van der Waals surface area contributed by atoms with Crippen molar-refractivity contribution >= 4 is 50.5 Å². The molecule has 5 nitrogen and oxygen atoms in total. The predicted octanol–water partition coefficient (Wildman–Crippen LogP) is 4.92. The van der Waals surface area contributed by atoms with Crippen LogP contribution in [-0.4, -0.2) is 17.5 Å². The van der Waals surface area contributed by atoms with Crippen LogP contribution in [0.4, 0.5) is 5.69 Å². The first kappa shape index (κ1) is 19.0. The van der Waals surface area contributed by atoms with Crippen LogP contribution in [0.3, 0.4) is 0 Å². The predicted molar refractivity (Wildman–Crippen MR) is 113 cm³/mol. The topological polar surface area (TPSA) is 70.6 Å². The molecule has 2 N–H and O–H groups in total. The zero-order valence-electron chi connectivity index (χ0n) is 14.4. The first-order valence-corrected chi connectivity index (χ1v) is 9.75. The summed E-state index contributed by atoms with van der Waals surface area (Å²) in [5.41, 5.74) is 5.28. The number of rotatable bonds is 5. The highest BCUT2D eigenvalue weighted by molar-refractivity contribution is 9.10. The van der Waals surface area contributed by atoms with E-state index in [-0.39, 0.29) is 11.8 Å². The second-order valence-corrected chi connectivity index (χ2v) is 7.52. The summed E-state index contributed by atoms with van der Waals surface area (Å²) in [6.07, 6.45) is 0. The van der Waals surface area contributed by atoms with Crippen molar-refractivity contribution < 1.29 is 9.59 Å². The lowest BCUT2D eigenvalue weighted by molar-refractivity contribution is 0.0954. The molecule has 1 aromatic heterocycles. The molecular formula is C20H16BrN3O2S. The fourth-order valence-corrected chi connectivity index (χ4v) is 3.31. The number of thiophene rings is 1. The van der Waals surface area contributed by atoms with Crippen molar-refractivity contribution in [3.05, 3.63) is 86.5 Å². The molecule has 7 heteroatoms. The minimum atomic E-state index is -0.282. The van der Waals surface area contributed by atoms with Crippen LogP contribution >= 0.6 is 27.3 Å². The highest BCUT2D eigenvalue weighted by Gasteiger charge is 2.08. The maximum absolute atomic E-state index is 12.1. The maximum Gasteiger partial charge on any atom is 0.271 e. The molecule has 0 saturated heterocycles. The van der Waals surface area contributed by atoms with Gasteiger partial charge in [0.25, 0.3) is 11.8 Å². The van der Waals surface area contributed by atoms with Gasteiger partial charge in [0, 0.05) is 15.7 Å². The fourth-order valence-electron chi connectivity index (χ4n) is 2.29. The summed E-state index contributed by atoms with van der Waals surface area (Å²) in [5, 5.41) is 8.85. The molecule has 0 aliphatic rings. The van der Waals surface area contributed by atoms with E-state index < -0.39 is 0 Å². The van der Waals surface area contributed by atoms with Crippen LogP contribution in [0.15, 0.2) is 75.6 Å². The maximum atomic E-state index is 12.1. The monoisotopic (exact) mass is 441 g/mol. The van der Waals surface area contributed by atoms with E-state index >= 15 is 0 Å². The highest BCUT2D eigenvalue weighted by atomic mass is 79.9. The van der Waals surface area contributed by atoms with E-state index in [9.17, 15) is 9.59 Å². The molecule has 3 rings (SSSR count). The van der Waals surface area contributed by atoms with E-state index in [1.54, 1.807) is 43.3 Å². The minimum absolute atomic E-state index is 0.135. The van der Waals surface area contributed by atoms with Gasteiger partial charge in [0.1, 0.15) is 0 Å². The lowest BCUT2D eigenvalue weighted by atomic mass is 10.1. The second-order valence-electron chi connectivity index (χ2n) is 5.66. The number of amides is 2.